The Morgan fingerprint density at radius 1 is 0.966 bits per heavy atom. The van der Waals surface area contributed by atoms with E-state index in [4.69, 9.17) is 14.5 Å². The average Bonchev–Trinajstić information content (AvgIpc) is 3.07. The first-order chi connectivity index (χ1) is 14.3. The van der Waals surface area contributed by atoms with Gasteiger partial charge in [0.1, 0.15) is 13.2 Å². The largest absolute Gasteiger partial charge is 0.486 e. The summed E-state index contributed by atoms with van der Waals surface area (Å²) in [6.07, 6.45) is 0.962. The molecule has 0 atom stereocenters. The highest BCUT2D eigenvalue weighted by Gasteiger charge is 2.21. The van der Waals surface area contributed by atoms with E-state index in [0.717, 1.165) is 66.3 Å². The Hall–Kier alpha value is -3.12. The van der Waals surface area contributed by atoms with Crippen LogP contribution in [0, 0.1) is 0 Å². The van der Waals surface area contributed by atoms with E-state index in [2.05, 4.69) is 5.32 Å². The number of nitrogens with one attached hydrogen (secondary N) is 1. The van der Waals surface area contributed by atoms with Gasteiger partial charge >= 0.3 is 0 Å². The van der Waals surface area contributed by atoms with Crippen molar-refractivity contribution in [3.05, 3.63) is 54.1 Å². The van der Waals surface area contributed by atoms with Crippen LogP contribution in [-0.4, -0.2) is 55.2 Å². The van der Waals surface area contributed by atoms with E-state index in [-0.39, 0.29) is 5.91 Å². The van der Waals surface area contributed by atoms with Crippen LogP contribution in [0.15, 0.2) is 48.5 Å². The smallest absolute Gasteiger partial charge is 0.254 e. The molecular weight excluding hydrogens is 366 g/mol. The molecule has 1 N–H and O–H groups in total. The van der Waals surface area contributed by atoms with E-state index in [9.17, 15) is 4.79 Å². The second-order valence-corrected chi connectivity index (χ2v) is 7.33. The molecule has 0 aliphatic carbocycles. The summed E-state index contributed by atoms with van der Waals surface area (Å²) in [6.45, 7) is 4.35. The van der Waals surface area contributed by atoms with E-state index < -0.39 is 0 Å². The summed E-state index contributed by atoms with van der Waals surface area (Å²) in [7, 11) is 0. The van der Waals surface area contributed by atoms with Gasteiger partial charge < -0.3 is 19.7 Å². The third-order valence-electron chi connectivity index (χ3n) is 5.41. The summed E-state index contributed by atoms with van der Waals surface area (Å²) in [5.74, 6) is 1.52. The minimum Gasteiger partial charge on any atom is -0.486 e. The summed E-state index contributed by atoms with van der Waals surface area (Å²) in [4.78, 5) is 20.2. The number of carbonyl (C=O) groups is 1. The van der Waals surface area contributed by atoms with Gasteiger partial charge in [0, 0.05) is 30.6 Å². The Morgan fingerprint density at radius 3 is 2.76 bits per heavy atom. The van der Waals surface area contributed by atoms with Crippen molar-refractivity contribution >= 4 is 16.8 Å². The van der Waals surface area contributed by atoms with Crippen LogP contribution < -0.4 is 14.8 Å². The van der Waals surface area contributed by atoms with Gasteiger partial charge in [0.25, 0.3) is 5.91 Å². The van der Waals surface area contributed by atoms with Gasteiger partial charge in [0.2, 0.25) is 0 Å². The van der Waals surface area contributed by atoms with Crippen molar-refractivity contribution in [2.45, 2.75) is 6.42 Å². The first kappa shape index (κ1) is 17.9. The number of amides is 1. The molecule has 0 spiro atoms. The van der Waals surface area contributed by atoms with E-state index in [1.54, 1.807) is 0 Å². The molecule has 0 unspecified atom stereocenters. The zero-order valence-electron chi connectivity index (χ0n) is 16.2. The average molecular weight is 389 g/mol. The number of para-hydroxylation sites is 1. The molecule has 5 rings (SSSR count). The number of aromatic nitrogens is 1. The molecule has 2 aliphatic heterocycles. The molecular formula is C23H23N3O3. The van der Waals surface area contributed by atoms with E-state index >= 15 is 0 Å². The highest BCUT2D eigenvalue weighted by molar-refractivity contribution is 6.07. The number of pyridine rings is 1. The van der Waals surface area contributed by atoms with Gasteiger partial charge in [0.15, 0.2) is 11.5 Å². The lowest BCUT2D eigenvalue weighted by molar-refractivity contribution is 0.0768. The normalized spacial score (nSPS) is 16.5. The second kappa shape index (κ2) is 7.72. The Morgan fingerprint density at radius 2 is 1.83 bits per heavy atom. The van der Waals surface area contributed by atoms with Crippen molar-refractivity contribution in [3.8, 4) is 22.8 Å². The minimum atomic E-state index is 0.0612. The van der Waals surface area contributed by atoms with Crippen LogP contribution in [0.25, 0.3) is 22.2 Å². The summed E-state index contributed by atoms with van der Waals surface area (Å²) in [5.41, 5.74) is 3.18. The number of ether oxygens (including phenoxy) is 2. The number of rotatable bonds is 2. The van der Waals surface area contributed by atoms with Gasteiger partial charge in [-0.25, -0.2) is 4.98 Å². The number of benzene rings is 2. The first-order valence-corrected chi connectivity index (χ1v) is 10.1. The predicted octanol–water partition coefficient (Wildman–Crippen LogP) is 3.11. The molecule has 1 fully saturated rings. The molecule has 29 heavy (non-hydrogen) atoms. The molecule has 2 aliphatic rings. The lowest BCUT2D eigenvalue weighted by Crippen LogP contribution is -2.34. The van der Waals surface area contributed by atoms with Gasteiger partial charge in [-0.05, 0) is 43.3 Å². The standard InChI is InChI=1S/C23H23N3O3/c27-23(26-10-3-8-24-9-11-26)18-15-20(25-19-5-2-1-4-17(18)19)16-6-7-21-22(14-16)29-13-12-28-21/h1-2,4-7,14-15,24H,3,8-13H2. The zero-order valence-corrected chi connectivity index (χ0v) is 16.2. The fourth-order valence-electron chi connectivity index (χ4n) is 3.92. The third kappa shape index (κ3) is 3.51. The van der Waals surface area contributed by atoms with Gasteiger partial charge in [0.05, 0.1) is 16.8 Å². The van der Waals surface area contributed by atoms with Crippen molar-refractivity contribution in [1.82, 2.24) is 15.2 Å². The number of carbonyl (C=O) groups excluding carboxylic acids is 1. The Labute approximate surface area is 169 Å². The van der Waals surface area contributed by atoms with Crippen LogP contribution >= 0.6 is 0 Å². The Balaban J connectivity index is 1.59. The Kier molecular flexibility index (Phi) is 4.77. The van der Waals surface area contributed by atoms with Gasteiger partial charge in [-0.2, -0.15) is 0 Å². The van der Waals surface area contributed by atoms with Crippen LogP contribution in [0.1, 0.15) is 16.8 Å². The maximum Gasteiger partial charge on any atom is 0.254 e. The monoisotopic (exact) mass is 389 g/mol. The quantitative estimate of drug-likeness (QED) is 0.730. The summed E-state index contributed by atoms with van der Waals surface area (Å²) >= 11 is 0. The van der Waals surface area contributed by atoms with Crippen molar-refractivity contribution in [3.63, 3.8) is 0 Å². The van der Waals surface area contributed by atoms with Crippen LogP contribution in [0.3, 0.4) is 0 Å². The molecule has 0 bridgehead atoms. The fourth-order valence-corrected chi connectivity index (χ4v) is 3.92. The van der Waals surface area contributed by atoms with Crippen molar-refractivity contribution in [2.75, 3.05) is 39.4 Å². The summed E-state index contributed by atoms with van der Waals surface area (Å²) < 4.78 is 11.4. The number of fused-ring (bicyclic) bond motifs is 2. The number of hydrogen-bond acceptors (Lipinski definition) is 5. The molecule has 1 aromatic heterocycles. The van der Waals surface area contributed by atoms with Crippen molar-refractivity contribution in [1.29, 1.82) is 0 Å². The predicted molar refractivity (Wildman–Crippen MR) is 112 cm³/mol. The molecule has 3 heterocycles. The molecule has 0 radical (unpaired) electrons. The number of nitrogens with zero attached hydrogens (tertiary/aromatic N) is 2. The van der Waals surface area contributed by atoms with E-state index in [1.165, 1.54) is 0 Å². The summed E-state index contributed by atoms with van der Waals surface area (Å²) in [5, 5.41) is 4.24. The SMILES string of the molecule is O=C(c1cc(-c2ccc3c(c2)OCCO3)nc2ccccc12)N1CCCNCC1. The topological polar surface area (TPSA) is 63.7 Å². The molecule has 6 nitrogen and oxygen atoms in total. The fraction of sp³-hybridized carbons (Fsp3) is 0.304. The molecule has 1 amide bonds. The van der Waals surface area contributed by atoms with Crippen molar-refractivity contribution in [2.24, 2.45) is 0 Å². The molecule has 1 saturated heterocycles. The molecule has 0 saturated carbocycles. The minimum absolute atomic E-state index is 0.0612. The third-order valence-corrected chi connectivity index (χ3v) is 5.41. The highest BCUT2D eigenvalue weighted by atomic mass is 16.6. The van der Waals surface area contributed by atoms with Crippen LogP contribution in [-0.2, 0) is 0 Å². The number of hydrogen-bond donors (Lipinski definition) is 1. The highest BCUT2D eigenvalue weighted by Crippen LogP contribution is 2.35. The van der Waals surface area contributed by atoms with E-state index in [1.807, 2.05) is 53.4 Å². The van der Waals surface area contributed by atoms with Gasteiger partial charge in [-0.15, -0.1) is 0 Å². The molecule has 148 valence electrons. The van der Waals surface area contributed by atoms with Crippen molar-refractivity contribution < 1.29 is 14.3 Å². The van der Waals surface area contributed by atoms with Gasteiger partial charge in [-0.3, -0.25) is 4.79 Å². The molecule has 3 aromatic rings. The Bertz CT molecular complexity index is 1060. The van der Waals surface area contributed by atoms with Gasteiger partial charge in [-0.1, -0.05) is 18.2 Å². The van der Waals surface area contributed by atoms with Crippen LogP contribution in [0.2, 0.25) is 0 Å². The summed E-state index contributed by atoms with van der Waals surface area (Å²) in [6, 6.07) is 15.6. The second-order valence-electron chi connectivity index (χ2n) is 7.33. The maximum atomic E-state index is 13.4. The first-order valence-electron chi connectivity index (χ1n) is 10.1. The maximum absolute atomic E-state index is 13.4. The lowest BCUT2D eigenvalue weighted by Gasteiger charge is -2.22. The van der Waals surface area contributed by atoms with E-state index in [0.29, 0.717) is 18.8 Å². The van der Waals surface area contributed by atoms with Crippen LogP contribution in [0.5, 0.6) is 11.5 Å². The lowest BCUT2D eigenvalue weighted by atomic mass is 10.0. The molecule has 6 heteroatoms. The zero-order chi connectivity index (χ0) is 19.6. The molecule has 2 aromatic carbocycles. The van der Waals surface area contributed by atoms with Crippen LogP contribution in [0.4, 0.5) is 0 Å².